The van der Waals surface area contributed by atoms with Crippen molar-refractivity contribution in [2.24, 2.45) is 0 Å². The smallest absolute Gasteiger partial charge is 0.176 e. The number of benzene rings is 2. The normalized spacial score (nSPS) is 17.6. The van der Waals surface area contributed by atoms with Gasteiger partial charge in [0.15, 0.2) is 5.65 Å². The van der Waals surface area contributed by atoms with E-state index in [1.807, 2.05) is 29.6 Å². The number of rotatable bonds is 5. The molecule has 3 heterocycles. The molecule has 0 unspecified atom stereocenters. The van der Waals surface area contributed by atoms with E-state index in [0.717, 1.165) is 48.7 Å². The number of para-hydroxylation sites is 1. The molecule has 1 aliphatic heterocycles. The van der Waals surface area contributed by atoms with Crippen molar-refractivity contribution in [3.05, 3.63) is 70.9 Å². The van der Waals surface area contributed by atoms with E-state index in [9.17, 15) is 0 Å². The molecule has 7 heteroatoms. The summed E-state index contributed by atoms with van der Waals surface area (Å²) in [6, 6.07) is 18.7. The number of fused-ring (bicyclic) bond motifs is 3. The summed E-state index contributed by atoms with van der Waals surface area (Å²) in [6.07, 6.45) is 0.0985. The number of hydrogen-bond acceptors (Lipinski definition) is 5. The molecule has 0 radical (unpaired) electrons. The van der Waals surface area contributed by atoms with E-state index in [1.54, 1.807) is 0 Å². The van der Waals surface area contributed by atoms with Crippen molar-refractivity contribution < 1.29 is 4.74 Å². The molecule has 154 valence electrons. The fraction of sp³-hybridized carbons (Fsp3) is 0.304. The van der Waals surface area contributed by atoms with Gasteiger partial charge in [0.05, 0.1) is 23.9 Å². The fourth-order valence-electron chi connectivity index (χ4n) is 4.02. The third kappa shape index (κ3) is 3.74. The van der Waals surface area contributed by atoms with Crippen LogP contribution in [0.4, 0.5) is 5.82 Å². The summed E-state index contributed by atoms with van der Waals surface area (Å²) in [4.78, 5) is 7.22. The molecule has 1 aliphatic rings. The molecule has 1 atom stereocenters. The number of morpholine rings is 1. The van der Waals surface area contributed by atoms with Crippen LogP contribution in [-0.4, -0.2) is 51.8 Å². The number of halogens is 1. The van der Waals surface area contributed by atoms with Crippen molar-refractivity contribution in [2.75, 3.05) is 31.6 Å². The highest BCUT2D eigenvalue weighted by Gasteiger charge is 2.21. The Balaban J connectivity index is 1.35. The second-order valence-corrected chi connectivity index (χ2v) is 8.08. The first kappa shape index (κ1) is 19.3. The van der Waals surface area contributed by atoms with Gasteiger partial charge in [-0.25, -0.2) is 9.50 Å². The SMILES string of the molecule is Cc1nn2c(nc(NC[C@H]3CN(Cc4ccccc4)CCO3)c3ccccc32)c1Cl. The molecule has 2 aromatic heterocycles. The summed E-state index contributed by atoms with van der Waals surface area (Å²) in [5.41, 5.74) is 3.76. The van der Waals surface area contributed by atoms with Crippen molar-refractivity contribution in [3.63, 3.8) is 0 Å². The summed E-state index contributed by atoms with van der Waals surface area (Å²) >= 11 is 6.45. The van der Waals surface area contributed by atoms with Crippen molar-refractivity contribution in [1.29, 1.82) is 0 Å². The lowest BCUT2D eigenvalue weighted by molar-refractivity contribution is -0.0240. The van der Waals surface area contributed by atoms with Gasteiger partial charge >= 0.3 is 0 Å². The van der Waals surface area contributed by atoms with Gasteiger partial charge in [-0.15, -0.1) is 0 Å². The molecule has 0 bridgehead atoms. The van der Waals surface area contributed by atoms with Crippen LogP contribution in [0.25, 0.3) is 16.6 Å². The zero-order valence-corrected chi connectivity index (χ0v) is 17.6. The maximum absolute atomic E-state index is 6.45. The average Bonchev–Trinajstić information content (AvgIpc) is 3.07. The Labute approximate surface area is 180 Å². The monoisotopic (exact) mass is 421 g/mol. The van der Waals surface area contributed by atoms with Gasteiger partial charge in [0, 0.05) is 31.6 Å². The van der Waals surface area contributed by atoms with Crippen molar-refractivity contribution in [1.82, 2.24) is 19.5 Å². The Bertz CT molecular complexity index is 1180. The summed E-state index contributed by atoms with van der Waals surface area (Å²) in [5, 5.41) is 9.66. The number of nitrogens with one attached hydrogen (secondary N) is 1. The van der Waals surface area contributed by atoms with Gasteiger partial charge in [-0.2, -0.15) is 5.10 Å². The predicted octanol–water partition coefficient (Wildman–Crippen LogP) is 4.16. The Hall–Kier alpha value is -2.67. The van der Waals surface area contributed by atoms with E-state index in [0.29, 0.717) is 17.2 Å². The van der Waals surface area contributed by atoms with Crippen LogP contribution in [0.3, 0.4) is 0 Å². The Morgan fingerprint density at radius 3 is 2.80 bits per heavy atom. The van der Waals surface area contributed by atoms with E-state index < -0.39 is 0 Å². The van der Waals surface area contributed by atoms with Crippen molar-refractivity contribution in [3.8, 4) is 0 Å². The Kier molecular flexibility index (Phi) is 5.29. The first-order chi connectivity index (χ1) is 14.7. The lowest BCUT2D eigenvalue weighted by Gasteiger charge is -2.33. The summed E-state index contributed by atoms with van der Waals surface area (Å²) < 4.78 is 7.84. The Morgan fingerprint density at radius 1 is 1.13 bits per heavy atom. The molecular weight excluding hydrogens is 398 g/mol. The van der Waals surface area contributed by atoms with Gasteiger partial charge in [0.1, 0.15) is 10.8 Å². The van der Waals surface area contributed by atoms with Crippen molar-refractivity contribution >= 4 is 34.0 Å². The molecular formula is C23H24ClN5O. The van der Waals surface area contributed by atoms with Crippen LogP contribution in [0.15, 0.2) is 54.6 Å². The standard InChI is InChI=1S/C23H24ClN5O/c1-16-21(24)23-26-22(19-9-5-6-10-20(19)29(23)27-16)25-13-18-15-28(11-12-30-18)14-17-7-3-2-4-8-17/h2-10,18H,11-15H2,1H3,(H,25,26)/t18-/m0/s1. The first-order valence-electron chi connectivity index (χ1n) is 10.2. The quantitative estimate of drug-likeness (QED) is 0.524. The van der Waals surface area contributed by atoms with Crippen LogP contribution in [-0.2, 0) is 11.3 Å². The molecule has 0 saturated carbocycles. The van der Waals surface area contributed by atoms with Gasteiger partial charge < -0.3 is 10.1 Å². The lowest BCUT2D eigenvalue weighted by Crippen LogP contribution is -2.44. The number of aromatic nitrogens is 3. The number of aryl methyl sites for hydroxylation is 1. The average molecular weight is 422 g/mol. The fourth-order valence-corrected chi connectivity index (χ4v) is 4.18. The minimum atomic E-state index is 0.0985. The van der Waals surface area contributed by atoms with Gasteiger partial charge in [0.2, 0.25) is 0 Å². The molecule has 0 spiro atoms. The summed E-state index contributed by atoms with van der Waals surface area (Å²) in [5.74, 6) is 0.809. The molecule has 5 rings (SSSR count). The third-order valence-corrected chi connectivity index (χ3v) is 5.98. The lowest BCUT2D eigenvalue weighted by atomic mass is 10.2. The Morgan fingerprint density at radius 2 is 1.93 bits per heavy atom. The summed E-state index contributed by atoms with van der Waals surface area (Å²) in [7, 11) is 0. The zero-order valence-electron chi connectivity index (χ0n) is 16.9. The van der Waals surface area contributed by atoms with Crippen LogP contribution >= 0.6 is 11.6 Å². The van der Waals surface area contributed by atoms with E-state index in [2.05, 4.69) is 51.7 Å². The van der Waals surface area contributed by atoms with Gasteiger partial charge in [-0.1, -0.05) is 54.1 Å². The van der Waals surface area contributed by atoms with Crippen LogP contribution in [0.5, 0.6) is 0 Å². The highest BCUT2D eigenvalue weighted by Crippen LogP contribution is 2.28. The summed E-state index contributed by atoms with van der Waals surface area (Å²) in [6.45, 7) is 6.09. The molecule has 0 amide bonds. The topological polar surface area (TPSA) is 54.7 Å². The number of nitrogens with zero attached hydrogens (tertiary/aromatic N) is 4. The molecule has 1 fully saturated rings. The van der Waals surface area contributed by atoms with Crippen LogP contribution in [0.2, 0.25) is 5.02 Å². The second kappa shape index (κ2) is 8.22. The largest absolute Gasteiger partial charge is 0.374 e. The highest BCUT2D eigenvalue weighted by atomic mass is 35.5. The molecule has 1 saturated heterocycles. The third-order valence-electron chi connectivity index (χ3n) is 5.54. The maximum Gasteiger partial charge on any atom is 0.176 e. The van der Waals surface area contributed by atoms with Gasteiger partial charge in [-0.05, 0) is 24.6 Å². The zero-order chi connectivity index (χ0) is 20.5. The van der Waals surface area contributed by atoms with E-state index in [1.165, 1.54) is 5.56 Å². The maximum atomic E-state index is 6.45. The molecule has 1 N–H and O–H groups in total. The van der Waals surface area contributed by atoms with Gasteiger partial charge in [-0.3, -0.25) is 4.90 Å². The minimum Gasteiger partial charge on any atom is -0.374 e. The van der Waals surface area contributed by atoms with Crippen LogP contribution in [0.1, 0.15) is 11.3 Å². The molecule has 0 aliphatic carbocycles. The molecule has 6 nitrogen and oxygen atoms in total. The molecule has 4 aromatic rings. The van der Waals surface area contributed by atoms with Gasteiger partial charge in [0.25, 0.3) is 0 Å². The molecule has 30 heavy (non-hydrogen) atoms. The van der Waals surface area contributed by atoms with E-state index >= 15 is 0 Å². The minimum absolute atomic E-state index is 0.0985. The predicted molar refractivity (Wildman–Crippen MR) is 120 cm³/mol. The second-order valence-electron chi connectivity index (χ2n) is 7.71. The van der Waals surface area contributed by atoms with Crippen molar-refractivity contribution in [2.45, 2.75) is 19.6 Å². The number of hydrogen-bond donors (Lipinski definition) is 1. The van der Waals surface area contributed by atoms with Crippen LogP contribution < -0.4 is 5.32 Å². The first-order valence-corrected chi connectivity index (χ1v) is 10.6. The highest BCUT2D eigenvalue weighted by molar-refractivity contribution is 6.34. The number of anilines is 1. The van der Waals surface area contributed by atoms with Crippen LogP contribution in [0, 0.1) is 6.92 Å². The van der Waals surface area contributed by atoms with E-state index in [4.69, 9.17) is 21.3 Å². The molecule has 2 aromatic carbocycles. The van der Waals surface area contributed by atoms with E-state index in [-0.39, 0.29) is 6.10 Å². The number of ether oxygens (including phenoxy) is 1.